The zero-order chi connectivity index (χ0) is 13.5. The number of carbonyl (C=O) groups is 1. The molecule has 1 heterocycles. The number of anilines is 1. The van der Waals surface area contributed by atoms with Crippen LogP contribution in [0.1, 0.15) is 12.6 Å². The highest BCUT2D eigenvalue weighted by atomic mass is 16.3. The van der Waals surface area contributed by atoms with Crippen LogP contribution in [-0.2, 0) is 6.54 Å². The molecule has 0 fully saturated rings. The van der Waals surface area contributed by atoms with E-state index in [1.807, 2.05) is 37.2 Å². The molecule has 100 valence electrons. The molecule has 0 saturated carbocycles. The smallest absolute Gasteiger partial charge is 0.315 e. The number of pyridine rings is 1. The molecule has 1 unspecified atom stereocenters. The first-order valence-electron chi connectivity index (χ1n) is 5.81. The molecule has 3 N–H and O–H groups in total. The van der Waals surface area contributed by atoms with Crippen molar-refractivity contribution in [2.45, 2.75) is 19.5 Å². The number of carbonyl (C=O) groups excluding carboxylic acids is 1. The molecule has 0 radical (unpaired) electrons. The topological polar surface area (TPSA) is 77.5 Å². The molecule has 0 saturated heterocycles. The molecule has 0 spiro atoms. The van der Waals surface area contributed by atoms with Gasteiger partial charge in [-0.2, -0.15) is 0 Å². The minimum atomic E-state index is -0.311. The van der Waals surface area contributed by atoms with Gasteiger partial charge in [0.2, 0.25) is 0 Å². The molecule has 2 amide bonds. The fourth-order valence-electron chi connectivity index (χ4n) is 1.31. The van der Waals surface area contributed by atoms with Crippen molar-refractivity contribution in [3.05, 3.63) is 23.9 Å². The summed E-state index contributed by atoms with van der Waals surface area (Å²) in [7, 11) is 3.82. The van der Waals surface area contributed by atoms with Crippen LogP contribution >= 0.6 is 0 Å². The average molecular weight is 252 g/mol. The summed E-state index contributed by atoms with van der Waals surface area (Å²) in [4.78, 5) is 17.7. The van der Waals surface area contributed by atoms with E-state index in [4.69, 9.17) is 5.11 Å². The number of hydrogen-bond donors (Lipinski definition) is 3. The summed E-state index contributed by atoms with van der Waals surface area (Å²) in [6.45, 7) is 2.00. The highest BCUT2D eigenvalue weighted by Crippen LogP contribution is 2.07. The van der Waals surface area contributed by atoms with Gasteiger partial charge in [-0.15, -0.1) is 0 Å². The summed E-state index contributed by atoms with van der Waals surface area (Å²) in [5.41, 5.74) is 0.785. The molecular formula is C12H20N4O2. The summed E-state index contributed by atoms with van der Waals surface area (Å²) in [6.07, 6.45) is 0. The molecule has 1 aromatic rings. The lowest BCUT2D eigenvalue weighted by molar-refractivity contribution is 0.220. The van der Waals surface area contributed by atoms with Gasteiger partial charge in [0.05, 0.1) is 24.9 Å². The molecule has 0 bridgehead atoms. The number of amides is 2. The van der Waals surface area contributed by atoms with Gasteiger partial charge in [0.15, 0.2) is 0 Å². The van der Waals surface area contributed by atoms with Gasteiger partial charge in [0.25, 0.3) is 0 Å². The Labute approximate surface area is 107 Å². The zero-order valence-electron chi connectivity index (χ0n) is 11.0. The standard InChI is InChI=1S/C12H20N4O2/c1-9(8-17)14-12(18)13-7-10-5-4-6-11(15-10)16(2)3/h4-6,9,17H,7-8H2,1-3H3,(H2,13,14,18). The summed E-state index contributed by atoms with van der Waals surface area (Å²) in [6, 6.07) is 5.08. The van der Waals surface area contributed by atoms with Crippen molar-refractivity contribution in [2.75, 3.05) is 25.6 Å². The Morgan fingerprint density at radius 2 is 2.22 bits per heavy atom. The van der Waals surface area contributed by atoms with Crippen LogP contribution in [0.4, 0.5) is 10.6 Å². The first-order chi connectivity index (χ1) is 8.52. The largest absolute Gasteiger partial charge is 0.394 e. The third kappa shape index (κ3) is 4.58. The zero-order valence-corrected chi connectivity index (χ0v) is 11.0. The van der Waals surface area contributed by atoms with Gasteiger partial charge in [-0.3, -0.25) is 0 Å². The van der Waals surface area contributed by atoms with E-state index < -0.39 is 0 Å². The van der Waals surface area contributed by atoms with E-state index in [9.17, 15) is 4.79 Å². The molecule has 0 aliphatic carbocycles. The first-order valence-corrected chi connectivity index (χ1v) is 5.81. The predicted molar refractivity (Wildman–Crippen MR) is 70.5 cm³/mol. The lowest BCUT2D eigenvalue weighted by atomic mass is 10.3. The Hall–Kier alpha value is -1.82. The molecule has 1 atom stereocenters. The SMILES string of the molecule is CC(CO)NC(=O)NCc1cccc(N(C)C)n1. The quantitative estimate of drug-likeness (QED) is 0.705. The Morgan fingerprint density at radius 1 is 1.50 bits per heavy atom. The monoisotopic (exact) mass is 252 g/mol. The minimum Gasteiger partial charge on any atom is -0.394 e. The number of hydrogen-bond acceptors (Lipinski definition) is 4. The van der Waals surface area contributed by atoms with E-state index in [2.05, 4.69) is 15.6 Å². The van der Waals surface area contributed by atoms with E-state index in [0.717, 1.165) is 11.5 Å². The molecule has 1 rings (SSSR count). The van der Waals surface area contributed by atoms with E-state index >= 15 is 0 Å². The van der Waals surface area contributed by atoms with Crippen molar-refractivity contribution in [2.24, 2.45) is 0 Å². The highest BCUT2D eigenvalue weighted by Gasteiger charge is 2.06. The molecule has 0 aliphatic rings. The summed E-state index contributed by atoms with van der Waals surface area (Å²) in [5.74, 6) is 0.846. The molecule has 1 aromatic heterocycles. The lowest BCUT2D eigenvalue weighted by Gasteiger charge is -2.14. The van der Waals surface area contributed by atoms with Crippen LogP contribution in [0.15, 0.2) is 18.2 Å². The number of nitrogens with zero attached hydrogens (tertiary/aromatic N) is 2. The molecule has 6 heteroatoms. The maximum Gasteiger partial charge on any atom is 0.315 e. The number of urea groups is 1. The van der Waals surface area contributed by atoms with Crippen molar-refractivity contribution in [1.82, 2.24) is 15.6 Å². The molecule has 0 aromatic carbocycles. The minimum absolute atomic E-state index is 0.0816. The van der Waals surface area contributed by atoms with Gasteiger partial charge < -0.3 is 20.6 Å². The Kier molecular flexibility index (Phi) is 5.38. The van der Waals surface area contributed by atoms with Crippen LogP contribution in [0, 0.1) is 0 Å². The van der Waals surface area contributed by atoms with E-state index in [1.165, 1.54) is 0 Å². The van der Waals surface area contributed by atoms with Crippen molar-refractivity contribution in [1.29, 1.82) is 0 Å². The summed E-state index contributed by atoms with van der Waals surface area (Å²) < 4.78 is 0. The number of aliphatic hydroxyl groups excluding tert-OH is 1. The number of rotatable bonds is 5. The van der Waals surface area contributed by atoms with Crippen molar-refractivity contribution >= 4 is 11.8 Å². The van der Waals surface area contributed by atoms with Crippen LogP contribution in [0.25, 0.3) is 0 Å². The Morgan fingerprint density at radius 3 is 2.83 bits per heavy atom. The van der Waals surface area contributed by atoms with E-state index in [-0.39, 0.29) is 18.7 Å². The van der Waals surface area contributed by atoms with Gasteiger partial charge in [-0.05, 0) is 19.1 Å². The molecule has 6 nitrogen and oxygen atoms in total. The number of aliphatic hydroxyl groups is 1. The Balaban J connectivity index is 2.48. The van der Waals surface area contributed by atoms with Gasteiger partial charge in [-0.1, -0.05) is 6.07 Å². The lowest BCUT2D eigenvalue weighted by Crippen LogP contribution is -2.42. The van der Waals surface area contributed by atoms with Gasteiger partial charge in [-0.25, -0.2) is 9.78 Å². The van der Waals surface area contributed by atoms with Crippen LogP contribution < -0.4 is 15.5 Å². The maximum absolute atomic E-state index is 11.4. The summed E-state index contributed by atoms with van der Waals surface area (Å²) >= 11 is 0. The second-order valence-electron chi connectivity index (χ2n) is 4.29. The Bertz CT molecular complexity index is 395. The third-order valence-corrected chi connectivity index (χ3v) is 2.33. The van der Waals surface area contributed by atoms with Crippen LogP contribution in [0.5, 0.6) is 0 Å². The van der Waals surface area contributed by atoms with Crippen LogP contribution in [-0.4, -0.2) is 42.9 Å². The van der Waals surface area contributed by atoms with Gasteiger partial charge >= 0.3 is 6.03 Å². The second-order valence-corrected chi connectivity index (χ2v) is 4.29. The van der Waals surface area contributed by atoms with E-state index in [0.29, 0.717) is 6.54 Å². The molecular weight excluding hydrogens is 232 g/mol. The second kappa shape index (κ2) is 6.80. The summed E-state index contributed by atoms with van der Waals surface area (Å²) in [5, 5.41) is 14.1. The molecule has 0 aliphatic heterocycles. The number of aromatic nitrogens is 1. The highest BCUT2D eigenvalue weighted by molar-refractivity contribution is 5.74. The van der Waals surface area contributed by atoms with E-state index in [1.54, 1.807) is 6.92 Å². The van der Waals surface area contributed by atoms with Crippen LogP contribution in [0.3, 0.4) is 0 Å². The maximum atomic E-state index is 11.4. The predicted octanol–water partition coefficient (Wildman–Crippen LogP) is 0.328. The normalized spacial score (nSPS) is 11.8. The van der Waals surface area contributed by atoms with Crippen molar-refractivity contribution in [3.63, 3.8) is 0 Å². The van der Waals surface area contributed by atoms with Crippen LogP contribution in [0.2, 0.25) is 0 Å². The first kappa shape index (κ1) is 14.2. The average Bonchev–Trinajstić information content (AvgIpc) is 2.36. The molecule has 18 heavy (non-hydrogen) atoms. The van der Waals surface area contributed by atoms with Gasteiger partial charge in [0.1, 0.15) is 5.82 Å². The fraction of sp³-hybridized carbons (Fsp3) is 0.500. The number of nitrogens with one attached hydrogen (secondary N) is 2. The van der Waals surface area contributed by atoms with Crippen molar-refractivity contribution < 1.29 is 9.90 Å². The van der Waals surface area contributed by atoms with Gasteiger partial charge in [0, 0.05) is 14.1 Å². The van der Waals surface area contributed by atoms with Crippen molar-refractivity contribution in [3.8, 4) is 0 Å². The third-order valence-electron chi connectivity index (χ3n) is 2.33. The fourth-order valence-corrected chi connectivity index (χ4v) is 1.31.